The first-order valence-electron chi connectivity index (χ1n) is 11.7. The highest BCUT2D eigenvalue weighted by molar-refractivity contribution is 5.94. The van der Waals surface area contributed by atoms with Crippen molar-refractivity contribution in [3.8, 4) is 0 Å². The van der Waals surface area contributed by atoms with Gasteiger partial charge in [-0.3, -0.25) is 19.2 Å². The molecule has 0 bridgehead atoms. The van der Waals surface area contributed by atoms with Crippen LogP contribution >= 0.6 is 0 Å². The molecule has 35 heavy (non-hydrogen) atoms. The molecule has 0 aromatic rings. The van der Waals surface area contributed by atoms with Gasteiger partial charge in [0.1, 0.15) is 18.1 Å². The Bertz CT molecular complexity index is 706. The Kier molecular flexibility index (Phi) is 16.2. The molecule has 0 rings (SSSR count). The first-order chi connectivity index (χ1) is 16.4. The molecule has 0 aromatic heterocycles. The van der Waals surface area contributed by atoms with Gasteiger partial charge in [0.05, 0.1) is 12.1 Å². The van der Waals surface area contributed by atoms with Crippen LogP contribution in [0, 0.1) is 0 Å². The molecule has 0 radical (unpaired) electrons. The Hall–Kier alpha value is -2.81. The van der Waals surface area contributed by atoms with Gasteiger partial charge >= 0.3 is 5.97 Å². The average Bonchev–Trinajstić information content (AvgIpc) is 2.78. The van der Waals surface area contributed by atoms with Crippen molar-refractivity contribution < 1.29 is 34.2 Å². The maximum atomic E-state index is 12.9. The topological polar surface area (TPSA) is 266 Å². The van der Waals surface area contributed by atoms with Gasteiger partial charge in [-0.25, -0.2) is 4.79 Å². The number of aliphatic hydroxyl groups is 1. The third-order valence-corrected chi connectivity index (χ3v) is 5.24. The predicted molar refractivity (Wildman–Crippen MR) is 127 cm³/mol. The molecule has 0 spiro atoms. The fourth-order valence-electron chi connectivity index (χ4n) is 3.14. The Balaban J connectivity index is 5.36. The summed E-state index contributed by atoms with van der Waals surface area (Å²) in [7, 11) is 0. The maximum Gasteiger partial charge on any atom is 0.326 e. The zero-order valence-electron chi connectivity index (χ0n) is 20.2. The monoisotopic (exact) mass is 503 g/mol. The first kappa shape index (κ1) is 32.2. The summed E-state index contributed by atoms with van der Waals surface area (Å²) >= 11 is 0. The summed E-state index contributed by atoms with van der Waals surface area (Å²) in [6.45, 7) is 2.08. The quantitative estimate of drug-likeness (QED) is 0.0794. The number of carbonyl (C=O) groups excluding carboxylic acids is 4. The molecule has 0 fully saturated rings. The summed E-state index contributed by atoms with van der Waals surface area (Å²) in [4.78, 5) is 60.4. The van der Waals surface area contributed by atoms with Crippen molar-refractivity contribution in [2.75, 3.05) is 13.1 Å². The van der Waals surface area contributed by atoms with Crippen molar-refractivity contribution in [3.63, 3.8) is 0 Å². The number of primary amides is 1. The number of unbranched alkanes of at least 4 members (excludes halogenated alkanes) is 2. The van der Waals surface area contributed by atoms with Gasteiger partial charge in [-0.15, -0.1) is 0 Å². The molecule has 0 saturated carbocycles. The van der Waals surface area contributed by atoms with Gasteiger partial charge in [0.25, 0.3) is 0 Å². The van der Waals surface area contributed by atoms with Crippen molar-refractivity contribution in [1.82, 2.24) is 16.0 Å². The number of carboxylic acids is 1. The van der Waals surface area contributed by atoms with E-state index in [1.165, 1.54) is 6.92 Å². The second-order valence-corrected chi connectivity index (χ2v) is 8.37. The van der Waals surface area contributed by atoms with Gasteiger partial charge in [0.15, 0.2) is 0 Å². The van der Waals surface area contributed by atoms with E-state index in [1.54, 1.807) is 0 Å². The van der Waals surface area contributed by atoms with E-state index in [9.17, 15) is 34.2 Å². The van der Waals surface area contributed by atoms with Crippen molar-refractivity contribution in [1.29, 1.82) is 0 Å². The summed E-state index contributed by atoms with van der Waals surface area (Å²) in [5, 5.41) is 26.5. The van der Waals surface area contributed by atoms with Crippen LogP contribution in [0.3, 0.4) is 0 Å². The zero-order valence-corrected chi connectivity index (χ0v) is 20.2. The molecule has 5 atom stereocenters. The van der Waals surface area contributed by atoms with E-state index in [0.717, 1.165) is 0 Å². The number of rotatable bonds is 19. The molecule has 0 aromatic carbocycles. The van der Waals surface area contributed by atoms with E-state index in [-0.39, 0.29) is 19.3 Å². The van der Waals surface area contributed by atoms with Gasteiger partial charge in [-0.1, -0.05) is 6.42 Å². The zero-order chi connectivity index (χ0) is 27.0. The Morgan fingerprint density at radius 3 is 1.80 bits per heavy atom. The fourth-order valence-corrected chi connectivity index (χ4v) is 3.14. The number of amides is 4. The van der Waals surface area contributed by atoms with Crippen molar-refractivity contribution in [2.24, 2.45) is 22.9 Å². The minimum atomic E-state index is -1.52. The van der Waals surface area contributed by atoms with Gasteiger partial charge in [-0.05, 0) is 58.5 Å². The lowest BCUT2D eigenvalue weighted by atomic mass is 10.0. The summed E-state index contributed by atoms with van der Waals surface area (Å²) < 4.78 is 0. The molecule has 13 N–H and O–H groups in total. The largest absolute Gasteiger partial charge is 0.480 e. The molecular formula is C21H41N7O7. The number of carboxylic acid groups (broad SMARTS) is 1. The van der Waals surface area contributed by atoms with E-state index in [2.05, 4.69) is 16.0 Å². The number of carbonyl (C=O) groups is 5. The lowest BCUT2D eigenvalue weighted by molar-refractivity contribution is -0.143. The van der Waals surface area contributed by atoms with Crippen LogP contribution in [0.15, 0.2) is 0 Å². The predicted octanol–water partition coefficient (Wildman–Crippen LogP) is -3.24. The molecule has 0 aliphatic rings. The molecule has 5 unspecified atom stereocenters. The molecule has 0 heterocycles. The summed E-state index contributed by atoms with van der Waals surface area (Å²) in [5.41, 5.74) is 21.9. The van der Waals surface area contributed by atoms with Gasteiger partial charge in [0, 0.05) is 6.42 Å². The van der Waals surface area contributed by atoms with E-state index >= 15 is 0 Å². The maximum absolute atomic E-state index is 12.9. The van der Waals surface area contributed by atoms with Crippen LogP contribution in [0.5, 0.6) is 0 Å². The molecule has 202 valence electrons. The molecule has 0 aliphatic heterocycles. The number of aliphatic carboxylic acids is 1. The molecule has 14 nitrogen and oxygen atoms in total. The number of nitrogens with one attached hydrogen (secondary N) is 3. The lowest BCUT2D eigenvalue weighted by Crippen LogP contribution is -2.59. The average molecular weight is 504 g/mol. The molecule has 0 aliphatic carbocycles. The number of hydrogen-bond acceptors (Lipinski definition) is 9. The summed E-state index contributed by atoms with van der Waals surface area (Å²) in [6.07, 6.45) is 1.04. The third-order valence-electron chi connectivity index (χ3n) is 5.24. The normalized spacial score (nSPS) is 15.2. The number of aliphatic hydroxyl groups excluding tert-OH is 1. The second kappa shape index (κ2) is 17.6. The van der Waals surface area contributed by atoms with E-state index < -0.39 is 59.9 Å². The number of hydrogen-bond donors (Lipinski definition) is 9. The van der Waals surface area contributed by atoms with E-state index in [1.807, 2.05) is 0 Å². The Morgan fingerprint density at radius 2 is 1.31 bits per heavy atom. The highest BCUT2D eigenvalue weighted by atomic mass is 16.4. The second-order valence-electron chi connectivity index (χ2n) is 8.37. The molecular weight excluding hydrogens is 462 g/mol. The van der Waals surface area contributed by atoms with Gasteiger partial charge in [-0.2, -0.15) is 0 Å². The SMILES string of the molecule is CC(O)C(NC(=O)C(CCCCN)NC(=O)C(N)CCCCN)C(=O)NC(CCC(N)=O)C(=O)O. The Morgan fingerprint density at radius 1 is 0.771 bits per heavy atom. The summed E-state index contributed by atoms with van der Waals surface area (Å²) in [5.74, 6) is -4.44. The van der Waals surface area contributed by atoms with Crippen molar-refractivity contribution >= 4 is 29.6 Å². The minimum Gasteiger partial charge on any atom is -0.480 e. The molecule has 14 heteroatoms. The van der Waals surface area contributed by atoms with Gasteiger partial charge in [0.2, 0.25) is 23.6 Å². The molecule has 4 amide bonds. The first-order valence-corrected chi connectivity index (χ1v) is 11.7. The highest BCUT2D eigenvalue weighted by Gasteiger charge is 2.32. The van der Waals surface area contributed by atoms with Crippen molar-refractivity contribution in [3.05, 3.63) is 0 Å². The van der Waals surface area contributed by atoms with Gasteiger partial charge < -0.3 is 49.1 Å². The lowest BCUT2D eigenvalue weighted by Gasteiger charge is -2.26. The third kappa shape index (κ3) is 13.6. The smallest absolute Gasteiger partial charge is 0.326 e. The van der Waals surface area contributed by atoms with Crippen molar-refractivity contribution in [2.45, 2.75) is 88.6 Å². The van der Waals surface area contributed by atoms with E-state index in [4.69, 9.17) is 22.9 Å². The van der Waals surface area contributed by atoms with Crippen LogP contribution in [0.1, 0.15) is 58.3 Å². The molecule has 0 saturated heterocycles. The highest BCUT2D eigenvalue weighted by Crippen LogP contribution is 2.06. The van der Waals surface area contributed by atoms with Crippen LogP contribution in [0.25, 0.3) is 0 Å². The number of nitrogens with two attached hydrogens (primary N) is 4. The van der Waals surface area contributed by atoms with Crippen LogP contribution in [-0.4, -0.2) is 83.2 Å². The standard InChI is InChI=1S/C21H41N7O7/c1-12(29)17(20(33)27-15(21(34)35)8-9-16(25)30)28-19(32)14(7-3-5-11-23)26-18(31)13(24)6-2-4-10-22/h12-15,17,29H,2-11,22-24H2,1H3,(H2,25,30)(H,26,31)(H,27,33)(H,28,32)(H,34,35). The summed E-state index contributed by atoms with van der Waals surface area (Å²) in [6, 6.07) is -4.90. The van der Waals surface area contributed by atoms with Crippen LogP contribution < -0.4 is 38.9 Å². The minimum absolute atomic E-state index is 0.203. The van der Waals surface area contributed by atoms with Crippen LogP contribution in [-0.2, 0) is 24.0 Å². The van der Waals surface area contributed by atoms with E-state index in [0.29, 0.717) is 45.2 Å². The Labute approximate surface area is 204 Å². The fraction of sp³-hybridized carbons (Fsp3) is 0.762. The van der Waals surface area contributed by atoms with Crippen LogP contribution in [0.4, 0.5) is 0 Å². The van der Waals surface area contributed by atoms with Crippen LogP contribution in [0.2, 0.25) is 0 Å².